The largest absolute Gasteiger partial charge is 0.378 e. The molecule has 4 rings (SSSR count). The lowest BCUT2D eigenvalue weighted by Crippen LogP contribution is -2.36. The van der Waals surface area contributed by atoms with Gasteiger partial charge < -0.3 is 15.4 Å². The van der Waals surface area contributed by atoms with Gasteiger partial charge in [-0.05, 0) is 23.8 Å². The Labute approximate surface area is 174 Å². The Kier molecular flexibility index (Phi) is 5.35. The first-order valence-corrected chi connectivity index (χ1v) is 10.7. The summed E-state index contributed by atoms with van der Waals surface area (Å²) in [5.74, 6) is 0.149. The molecule has 0 spiro atoms. The highest BCUT2D eigenvalue weighted by molar-refractivity contribution is 7.91. The molecule has 30 heavy (non-hydrogen) atoms. The molecule has 0 aliphatic carbocycles. The average Bonchev–Trinajstić information content (AvgIpc) is 2.80. The number of benzene rings is 2. The lowest BCUT2D eigenvalue weighted by molar-refractivity contribution is 0.122. The third-order valence-electron chi connectivity index (χ3n) is 4.86. The van der Waals surface area contributed by atoms with E-state index in [1.807, 2.05) is 6.07 Å². The Morgan fingerprint density at radius 1 is 0.967 bits per heavy atom. The normalized spacial score (nSPS) is 14.3. The van der Waals surface area contributed by atoms with E-state index in [9.17, 15) is 8.42 Å². The van der Waals surface area contributed by atoms with E-state index in [1.165, 1.54) is 24.3 Å². The Morgan fingerprint density at radius 3 is 2.27 bits per heavy atom. The summed E-state index contributed by atoms with van der Waals surface area (Å²) in [6.07, 6.45) is 3.14. The second kappa shape index (κ2) is 8.10. The monoisotopic (exact) mass is 421 g/mol. The van der Waals surface area contributed by atoms with E-state index < -0.39 is 9.84 Å². The lowest BCUT2D eigenvalue weighted by atomic mass is 10.1. The highest BCUT2D eigenvalue weighted by Crippen LogP contribution is 2.32. The zero-order valence-corrected chi connectivity index (χ0v) is 16.8. The van der Waals surface area contributed by atoms with Crippen molar-refractivity contribution in [3.05, 3.63) is 66.3 Å². The number of sulfone groups is 1. The maximum Gasteiger partial charge on any atom is 0.219 e. The number of morpholine rings is 1. The van der Waals surface area contributed by atoms with Crippen LogP contribution < -0.4 is 10.6 Å². The molecule has 0 unspecified atom stereocenters. The molecule has 0 radical (unpaired) electrons. The molecule has 9 heteroatoms. The number of aromatic nitrogens is 2. The van der Waals surface area contributed by atoms with Crippen molar-refractivity contribution in [3.63, 3.8) is 0 Å². The molecule has 0 bridgehead atoms. The lowest BCUT2D eigenvalue weighted by Gasteiger charge is -2.29. The zero-order chi connectivity index (χ0) is 21.1. The first-order chi connectivity index (χ1) is 14.5. The Balaban J connectivity index is 1.83. The number of ether oxygens (including phenoxy) is 1. The quantitative estimate of drug-likeness (QED) is 0.646. The molecule has 2 heterocycles. The van der Waals surface area contributed by atoms with Gasteiger partial charge >= 0.3 is 0 Å². The van der Waals surface area contributed by atoms with E-state index in [2.05, 4.69) is 19.7 Å². The number of hydrogen-bond acceptors (Lipinski definition) is 7. The van der Waals surface area contributed by atoms with Crippen molar-refractivity contribution >= 4 is 27.2 Å². The van der Waals surface area contributed by atoms with Gasteiger partial charge in [0.15, 0.2) is 5.69 Å². The minimum atomic E-state index is -3.79. The van der Waals surface area contributed by atoms with Gasteiger partial charge in [-0.3, -0.25) is 0 Å². The molecular weight excluding hydrogens is 402 g/mol. The summed E-state index contributed by atoms with van der Waals surface area (Å²) in [5, 5.41) is 0. The fraction of sp³-hybridized carbons (Fsp3) is 0.190. The fourth-order valence-corrected chi connectivity index (χ4v) is 4.56. The fourth-order valence-electron chi connectivity index (χ4n) is 3.23. The van der Waals surface area contributed by atoms with Gasteiger partial charge in [-0.15, -0.1) is 0 Å². The SMILES string of the molecule is [C-]#[N+]c1ccc(S(=O)(=O)c2cc(-c3cnc(N)nc3)cc(N3CCOCC3)c2)cc1. The highest BCUT2D eigenvalue weighted by Gasteiger charge is 2.22. The second-order valence-electron chi connectivity index (χ2n) is 6.75. The molecule has 2 aromatic carbocycles. The van der Waals surface area contributed by atoms with Crippen molar-refractivity contribution < 1.29 is 13.2 Å². The van der Waals surface area contributed by atoms with Gasteiger partial charge in [-0.25, -0.2) is 23.2 Å². The third kappa shape index (κ3) is 3.96. The molecule has 1 aliphatic rings. The van der Waals surface area contributed by atoms with E-state index in [0.29, 0.717) is 43.1 Å². The molecule has 2 N–H and O–H groups in total. The van der Waals surface area contributed by atoms with Crippen molar-refractivity contribution in [1.29, 1.82) is 0 Å². The number of nitrogens with zero attached hydrogens (tertiary/aromatic N) is 4. The summed E-state index contributed by atoms with van der Waals surface area (Å²) in [6, 6.07) is 11.1. The molecule has 0 atom stereocenters. The predicted octanol–water partition coefficient (Wildman–Crippen LogP) is 2.95. The van der Waals surface area contributed by atoms with Crippen LogP contribution in [0.4, 0.5) is 17.3 Å². The number of nitrogens with two attached hydrogens (primary N) is 1. The van der Waals surface area contributed by atoms with Crippen LogP contribution in [0.25, 0.3) is 16.0 Å². The molecule has 1 aliphatic heterocycles. The van der Waals surface area contributed by atoms with Gasteiger partial charge in [0.25, 0.3) is 0 Å². The van der Waals surface area contributed by atoms with Crippen LogP contribution in [0.3, 0.4) is 0 Å². The van der Waals surface area contributed by atoms with Crippen LogP contribution in [0.1, 0.15) is 0 Å². The van der Waals surface area contributed by atoms with Gasteiger partial charge in [0.2, 0.25) is 15.8 Å². The van der Waals surface area contributed by atoms with Crippen LogP contribution in [0.2, 0.25) is 0 Å². The van der Waals surface area contributed by atoms with Gasteiger partial charge in [0.1, 0.15) is 0 Å². The van der Waals surface area contributed by atoms with Crippen LogP contribution in [0.15, 0.2) is 64.6 Å². The first kappa shape index (κ1) is 19.8. The molecule has 0 saturated carbocycles. The Hall–Kier alpha value is -3.48. The van der Waals surface area contributed by atoms with Gasteiger partial charge in [-0.2, -0.15) is 0 Å². The summed E-state index contributed by atoms with van der Waals surface area (Å²) < 4.78 is 32.1. The van der Waals surface area contributed by atoms with E-state index in [4.69, 9.17) is 17.0 Å². The maximum absolute atomic E-state index is 13.3. The Morgan fingerprint density at radius 2 is 1.63 bits per heavy atom. The number of anilines is 2. The van der Waals surface area contributed by atoms with Crippen LogP contribution in [0.5, 0.6) is 0 Å². The molecule has 1 fully saturated rings. The molecule has 1 aromatic heterocycles. The summed E-state index contributed by atoms with van der Waals surface area (Å²) in [5.41, 5.74) is 8.10. The zero-order valence-electron chi connectivity index (χ0n) is 16.0. The highest BCUT2D eigenvalue weighted by atomic mass is 32.2. The van der Waals surface area contributed by atoms with Crippen molar-refractivity contribution in [2.75, 3.05) is 36.9 Å². The van der Waals surface area contributed by atoms with Gasteiger partial charge in [-0.1, -0.05) is 24.3 Å². The summed E-state index contributed by atoms with van der Waals surface area (Å²) in [6.45, 7) is 9.55. The van der Waals surface area contributed by atoms with Gasteiger partial charge in [0, 0.05) is 36.7 Å². The van der Waals surface area contributed by atoms with Crippen LogP contribution in [-0.2, 0) is 14.6 Å². The topological polar surface area (TPSA) is 103 Å². The number of hydrogen-bond donors (Lipinski definition) is 1. The van der Waals surface area contributed by atoms with E-state index in [-0.39, 0.29) is 15.7 Å². The van der Waals surface area contributed by atoms with Crippen LogP contribution in [0, 0.1) is 6.57 Å². The standard InChI is InChI=1S/C21H19N5O3S/c1-23-17-2-4-19(5-3-17)30(27,28)20-11-15(16-13-24-21(22)25-14-16)10-18(12-20)26-6-8-29-9-7-26/h2-5,10-14H,6-9H2,(H2,22,24,25). The number of nitrogen functional groups attached to an aromatic ring is 1. The number of rotatable bonds is 4. The van der Waals surface area contributed by atoms with Gasteiger partial charge in [0.05, 0.1) is 29.6 Å². The van der Waals surface area contributed by atoms with Crippen LogP contribution >= 0.6 is 0 Å². The smallest absolute Gasteiger partial charge is 0.219 e. The maximum atomic E-state index is 13.3. The van der Waals surface area contributed by atoms with Crippen molar-refractivity contribution in [3.8, 4) is 11.1 Å². The molecule has 3 aromatic rings. The second-order valence-corrected chi connectivity index (χ2v) is 8.70. The molecule has 0 amide bonds. The molecular formula is C21H19N5O3S. The van der Waals surface area contributed by atoms with Crippen molar-refractivity contribution in [2.24, 2.45) is 0 Å². The summed E-state index contributed by atoms with van der Waals surface area (Å²) >= 11 is 0. The van der Waals surface area contributed by atoms with Crippen molar-refractivity contribution in [1.82, 2.24) is 9.97 Å². The van der Waals surface area contributed by atoms with E-state index in [1.54, 1.807) is 24.5 Å². The third-order valence-corrected chi connectivity index (χ3v) is 6.61. The average molecular weight is 421 g/mol. The molecule has 1 saturated heterocycles. The molecule has 8 nitrogen and oxygen atoms in total. The minimum Gasteiger partial charge on any atom is -0.378 e. The first-order valence-electron chi connectivity index (χ1n) is 9.26. The predicted molar refractivity (Wildman–Crippen MR) is 113 cm³/mol. The van der Waals surface area contributed by atoms with E-state index in [0.717, 1.165) is 5.69 Å². The Bertz CT molecular complexity index is 1200. The van der Waals surface area contributed by atoms with Crippen LogP contribution in [-0.4, -0.2) is 44.7 Å². The molecule has 152 valence electrons. The van der Waals surface area contributed by atoms with Crippen molar-refractivity contribution in [2.45, 2.75) is 9.79 Å². The summed E-state index contributed by atoms with van der Waals surface area (Å²) in [7, 11) is -3.79. The minimum absolute atomic E-state index is 0.133. The van der Waals surface area contributed by atoms with E-state index >= 15 is 0 Å². The summed E-state index contributed by atoms with van der Waals surface area (Å²) in [4.78, 5) is 13.7.